The first kappa shape index (κ1) is 11.0. The molecule has 80 valence electrons. The number of rotatable bonds is 2. The molecule has 14 heavy (non-hydrogen) atoms. The summed E-state index contributed by atoms with van der Waals surface area (Å²) in [6, 6.07) is 0. The molecule has 1 N–H and O–H groups in total. The normalized spacial score (nSPS) is 14.4. The summed E-state index contributed by atoms with van der Waals surface area (Å²) in [6.45, 7) is 1.44. The monoisotopic (exact) mass is 208 g/mol. The highest BCUT2D eigenvalue weighted by atomic mass is 19.4. The van der Waals surface area contributed by atoms with Gasteiger partial charge in [-0.05, 0) is 6.92 Å². The zero-order valence-electron chi connectivity index (χ0n) is 7.84. The van der Waals surface area contributed by atoms with Gasteiger partial charge in [-0.25, -0.2) is 0 Å². The molecule has 0 saturated heterocycles. The van der Waals surface area contributed by atoms with Crippen molar-refractivity contribution in [1.29, 1.82) is 0 Å². The van der Waals surface area contributed by atoms with Gasteiger partial charge in [-0.2, -0.15) is 18.3 Å². The summed E-state index contributed by atoms with van der Waals surface area (Å²) >= 11 is 0. The number of aromatic nitrogens is 2. The molecular formula is C8H11F3N2O. The molecule has 0 saturated carbocycles. The van der Waals surface area contributed by atoms with Crippen LogP contribution in [0, 0.1) is 0 Å². The fourth-order valence-electron chi connectivity index (χ4n) is 1.24. The molecule has 1 atom stereocenters. The number of hydrogen-bond donors (Lipinski definition) is 1. The number of aryl methyl sites for hydroxylation is 1. The summed E-state index contributed by atoms with van der Waals surface area (Å²) in [5, 5.41) is 12.3. The van der Waals surface area contributed by atoms with E-state index in [0.717, 1.165) is 4.68 Å². The van der Waals surface area contributed by atoms with Gasteiger partial charge in [0.1, 0.15) is 0 Å². The first-order chi connectivity index (χ1) is 6.30. The van der Waals surface area contributed by atoms with Crippen LogP contribution in [0.15, 0.2) is 6.20 Å². The Hall–Kier alpha value is -1.04. The first-order valence-corrected chi connectivity index (χ1v) is 4.08. The Bertz CT molecular complexity index is 317. The van der Waals surface area contributed by atoms with Crippen LogP contribution in [0.25, 0.3) is 0 Å². The quantitative estimate of drug-likeness (QED) is 0.796. The number of nitrogens with zero attached hydrogens (tertiary/aromatic N) is 2. The van der Waals surface area contributed by atoms with Gasteiger partial charge in [-0.3, -0.25) is 4.68 Å². The van der Waals surface area contributed by atoms with Crippen molar-refractivity contribution in [3.63, 3.8) is 0 Å². The Morgan fingerprint density at radius 1 is 1.57 bits per heavy atom. The second-order valence-corrected chi connectivity index (χ2v) is 3.23. The van der Waals surface area contributed by atoms with E-state index in [4.69, 9.17) is 5.11 Å². The van der Waals surface area contributed by atoms with E-state index in [0.29, 0.717) is 0 Å². The molecule has 1 aromatic heterocycles. The lowest BCUT2D eigenvalue weighted by molar-refractivity contribution is -0.142. The van der Waals surface area contributed by atoms with E-state index in [1.807, 2.05) is 0 Å². The van der Waals surface area contributed by atoms with Crippen LogP contribution in [0.5, 0.6) is 0 Å². The van der Waals surface area contributed by atoms with E-state index in [9.17, 15) is 13.2 Å². The number of hydrogen-bond acceptors (Lipinski definition) is 2. The van der Waals surface area contributed by atoms with Crippen molar-refractivity contribution in [3.05, 3.63) is 17.5 Å². The SMILES string of the molecule is C[C@@H](O)Cc1cn(C)nc1C(F)(F)F. The largest absolute Gasteiger partial charge is 0.435 e. The van der Waals surface area contributed by atoms with Gasteiger partial charge in [0.15, 0.2) is 5.69 Å². The molecule has 0 amide bonds. The van der Waals surface area contributed by atoms with Crippen LogP contribution in [0.4, 0.5) is 13.2 Å². The van der Waals surface area contributed by atoms with Crippen molar-refractivity contribution in [3.8, 4) is 0 Å². The molecule has 0 aromatic carbocycles. The van der Waals surface area contributed by atoms with E-state index in [2.05, 4.69) is 5.10 Å². The van der Waals surface area contributed by atoms with Gasteiger partial charge in [-0.15, -0.1) is 0 Å². The van der Waals surface area contributed by atoms with E-state index in [-0.39, 0.29) is 12.0 Å². The summed E-state index contributed by atoms with van der Waals surface area (Å²) in [5.41, 5.74) is -0.893. The minimum absolute atomic E-state index is 0.0231. The minimum atomic E-state index is -4.45. The van der Waals surface area contributed by atoms with E-state index >= 15 is 0 Å². The zero-order valence-corrected chi connectivity index (χ0v) is 7.84. The minimum Gasteiger partial charge on any atom is -0.393 e. The van der Waals surface area contributed by atoms with Gasteiger partial charge in [0.05, 0.1) is 6.10 Å². The Balaban J connectivity index is 3.03. The van der Waals surface area contributed by atoms with Crippen LogP contribution < -0.4 is 0 Å². The van der Waals surface area contributed by atoms with Crippen molar-refractivity contribution >= 4 is 0 Å². The third-order valence-corrected chi connectivity index (χ3v) is 1.69. The van der Waals surface area contributed by atoms with E-state index in [1.165, 1.54) is 20.2 Å². The van der Waals surface area contributed by atoms with Gasteiger partial charge in [-0.1, -0.05) is 0 Å². The lowest BCUT2D eigenvalue weighted by Gasteiger charge is -2.06. The Kier molecular flexibility index (Phi) is 2.84. The number of aliphatic hydroxyl groups is 1. The fourth-order valence-corrected chi connectivity index (χ4v) is 1.24. The maximum absolute atomic E-state index is 12.4. The maximum Gasteiger partial charge on any atom is 0.435 e. The fraction of sp³-hybridized carbons (Fsp3) is 0.625. The second kappa shape index (κ2) is 3.61. The van der Waals surface area contributed by atoms with Crippen molar-refractivity contribution in [1.82, 2.24) is 9.78 Å². The molecule has 0 bridgehead atoms. The van der Waals surface area contributed by atoms with Crippen LogP contribution >= 0.6 is 0 Å². The number of halogens is 3. The van der Waals surface area contributed by atoms with Gasteiger partial charge < -0.3 is 5.11 Å². The lowest BCUT2D eigenvalue weighted by Crippen LogP contribution is -2.12. The highest BCUT2D eigenvalue weighted by molar-refractivity contribution is 5.20. The number of aliphatic hydroxyl groups excluding tert-OH is 1. The van der Waals surface area contributed by atoms with Gasteiger partial charge in [0.25, 0.3) is 0 Å². The smallest absolute Gasteiger partial charge is 0.393 e. The van der Waals surface area contributed by atoms with Crippen molar-refractivity contribution < 1.29 is 18.3 Å². The summed E-state index contributed by atoms with van der Waals surface area (Å²) < 4.78 is 38.2. The highest BCUT2D eigenvalue weighted by Gasteiger charge is 2.36. The molecule has 0 fully saturated rings. The number of alkyl halides is 3. The molecule has 1 heterocycles. The molecule has 3 nitrogen and oxygen atoms in total. The average molecular weight is 208 g/mol. The van der Waals surface area contributed by atoms with E-state index < -0.39 is 18.0 Å². The molecule has 0 radical (unpaired) electrons. The molecular weight excluding hydrogens is 197 g/mol. The Labute approximate surface area is 79.2 Å². The second-order valence-electron chi connectivity index (χ2n) is 3.23. The van der Waals surface area contributed by atoms with Crippen LogP contribution in [0.2, 0.25) is 0 Å². The molecule has 0 spiro atoms. The van der Waals surface area contributed by atoms with Gasteiger partial charge >= 0.3 is 6.18 Å². The molecule has 6 heteroatoms. The van der Waals surface area contributed by atoms with E-state index in [1.54, 1.807) is 0 Å². The van der Waals surface area contributed by atoms with Gasteiger partial charge in [0.2, 0.25) is 0 Å². The molecule has 1 aromatic rings. The third kappa shape index (κ3) is 2.47. The highest BCUT2D eigenvalue weighted by Crippen LogP contribution is 2.30. The first-order valence-electron chi connectivity index (χ1n) is 4.08. The molecule has 0 aliphatic rings. The van der Waals surface area contributed by atoms with Crippen LogP contribution in [-0.4, -0.2) is 21.0 Å². The van der Waals surface area contributed by atoms with Gasteiger partial charge in [0, 0.05) is 25.2 Å². The molecule has 0 unspecified atom stereocenters. The van der Waals surface area contributed by atoms with Crippen LogP contribution in [0.3, 0.4) is 0 Å². The summed E-state index contributed by atoms with van der Waals surface area (Å²) in [5.74, 6) is 0. The lowest BCUT2D eigenvalue weighted by atomic mass is 10.1. The summed E-state index contributed by atoms with van der Waals surface area (Å²) in [4.78, 5) is 0. The van der Waals surface area contributed by atoms with Crippen LogP contribution in [-0.2, 0) is 19.6 Å². The van der Waals surface area contributed by atoms with Crippen molar-refractivity contribution in [2.45, 2.75) is 25.6 Å². The van der Waals surface area contributed by atoms with Crippen molar-refractivity contribution in [2.75, 3.05) is 0 Å². The average Bonchev–Trinajstić information content (AvgIpc) is 2.28. The van der Waals surface area contributed by atoms with Crippen LogP contribution in [0.1, 0.15) is 18.2 Å². The Morgan fingerprint density at radius 2 is 2.14 bits per heavy atom. The summed E-state index contributed by atoms with van der Waals surface area (Å²) in [7, 11) is 1.42. The molecule has 0 aliphatic carbocycles. The zero-order chi connectivity index (χ0) is 10.9. The third-order valence-electron chi connectivity index (χ3n) is 1.69. The predicted molar refractivity (Wildman–Crippen MR) is 43.6 cm³/mol. The molecule has 1 rings (SSSR count). The van der Waals surface area contributed by atoms with Crippen molar-refractivity contribution in [2.24, 2.45) is 7.05 Å². The topological polar surface area (TPSA) is 38.0 Å². The predicted octanol–water partition coefficient (Wildman–Crippen LogP) is 1.36. The maximum atomic E-state index is 12.4. The Morgan fingerprint density at radius 3 is 2.57 bits per heavy atom. The summed E-state index contributed by atoms with van der Waals surface area (Å²) in [6.07, 6.45) is -4.02. The standard InChI is InChI=1S/C8H11F3N2O/c1-5(14)3-6-4-13(2)12-7(6)8(9,10)11/h4-5,14H,3H2,1-2H3/t5-/m1/s1. The molecule has 0 aliphatic heterocycles.